The lowest BCUT2D eigenvalue weighted by Crippen LogP contribution is -2.28. The number of thiazole rings is 1. The minimum absolute atomic E-state index is 0.134. The third-order valence-electron chi connectivity index (χ3n) is 4.06. The van der Waals surface area contributed by atoms with Gasteiger partial charge in [0.2, 0.25) is 0 Å². The Kier molecular flexibility index (Phi) is 5.45. The summed E-state index contributed by atoms with van der Waals surface area (Å²) in [5.41, 5.74) is 1.61. The molecule has 3 heterocycles. The van der Waals surface area contributed by atoms with Gasteiger partial charge in [-0.25, -0.2) is 4.98 Å². The van der Waals surface area contributed by atoms with Crippen molar-refractivity contribution in [3.05, 3.63) is 76.8 Å². The molecule has 0 aliphatic rings. The minimum atomic E-state index is -0.134. The number of thiophene rings is 1. The van der Waals surface area contributed by atoms with E-state index in [1.165, 1.54) is 11.3 Å². The second kappa shape index (κ2) is 8.33. The maximum Gasteiger partial charge on any atom is 0.253 e. The molecule has 0 atom stereocenters. The van der Waals surface area contributed by atoms with E-state index in [-0.39, 0.29) is 5.91 Å². The van der Waals surface area contributed by atoms with E-state index in [1.807, 2.05) is 60.0 Å². The van der Waals surface area contributed by atoms with Crippen molar-refractivity contribution >= 4 is 50.0 Å². The van der Waals surface area contributed by atoms with Crippen molar-refractivity contribution in [1.82, 2.24) is 9.97 Å². The second-order valence-corrected chi connectivity index (χ2v) is 7.91. The third-order valence-corrected chi connectivity index (χ3v) is 5.96. The molecule has 1 amide bonds. The summed E-state index contributed by atoms with van der Waals surface area (Å²) < 4.78 is 6.28. The number of methoxy groups -OCH3 is 1. The molecule has 0 N–H and O–H groups in total. The van der Waals surface area contributed by atoms with Crippen molar-refractivity contribution in [3.8, 4) is 5.75 Å². The molecule has 0 aliphatic heterocycles. The molecule has 1 aromatic carbocycles. The predicted molar refractivity (Wildman–Crippen MR) is 115 cm³/mol. The molecule has 4 aromatic rings. The summed E-state index contributed by atoms with van der Waals surface area (Å²) in [6, 6.07) is 15.3. The molecule has 7 heteroatoms. The lowest BCUT2D eigenvalue weighted by Gasteiger charge is -2.17. The van der Waals surface area contributed by atoms with Crippen LogP contribution in [0.25, 0.3) is 16.3 Å². The Balaban J connectivity index is 1.68. The standard InChI is InChI=1S/C21H17N3O2S2/c1-26-16-7-9-19-18(13-16)23-21(28-19)24(14-15-5-2-3-11-22-15)20(25)10-8-17-6-4-12-27-17/h2-13H,14H2,1H3. The number of nitrogens with zero attached hydrogens (tertiary/aromatic N) is 3. The quantitative estimate of drug-likeness (QED) is 0.422. The number of benzene rings is 1. The number of fused-ring (bicyclic) bond motifs is 1. The highest BCUT2D eigenvalue weighted by atomic mass is 32.1. The molecule has 4 rings (SSSR count). The van der Waals surface area contributed by atoms with Crippen molar-refractivity contribution < 1.29 is 9.53 Å². The van der Waals surface area contributed by atoms with Crippen LogP contribution in [-0.4, -0.2) is 23.0 Å². The first-order valence-corrected chi connectivity index (χ1v) is 10.3. The molecule has 5 nitrogen and oxygen atoms in total. The molecule has 0 saturated carbocycles. The zero-order valence-electron chi connectivity index (χ0n) is 15.1. The van der Waals surface area contributed by atoms with Crippen molar-refractivity contribution in [3.63, 3.8) is 0 Å². The predicted octanol–water partition coefficient (Wildman–Crippen LogP) is 5.01. The summed E-state index contributed by atoms with van der Waals surface area (Å²) in [4.78, 5) is 24.7. The van der Waals surface area contributed by atoms with Crippen LogP contribution in [0.5, 0.6) is 5.75 Å². The fourth-order valence-electron chi connectivity index (χ4n) is 2.66. The number of hydrogen-bond donors (Lipinski definition) is 0. The van der Waals surface area contributed by atoms with E-state index in [0.717, 1.165) is 26.5 Å². The molecule has 28 heavy (non-hydrogen) atoms. The van der Waals surface area contributed by atoms with Gasteiger partial charge < -0.3 is 4.74 Å². The molecule has 3 aromatic heterocycles. The zero-order valence-corrected chi connectivity index (χ0v) is 16.7. The number of ether oxygens (including phenoxy) is 1. The van der Waals surface area contributed by atoms with Gasteiger partial charge in [0.1, 0.15) is 5.75 Å². The highest BCUT2D eigenvalue weighted by Crippen LogP contribution is 2.32. The van der Waals surface area contributed by atoms with Crippen LogP contribution >= 0.6 is 22.7 Å². The van der Waals surface area contributed by atoms with Gasteiger partial charge in [-0.15, -0.1) is 11.3 Å². The van der Waals surface area contributed by atoms with Gasteiger partial charge in [0.15, 0.2) is 5.13 Å². The van der Waals surface area contributed by atoms with E-state index < -0.39 is 0 Å². The Morgan fingerprint density at radius 1 is 1.21 bits per heavy atom. The Labute approximate surface area is 170 Å². The molecule has 0 spiro atoms. The fourth-order valence-corrected chi connectivity index (χ4v) is 4.23. The number of carbonyl (C=O) groups is 1. The summed E-state index contributed by atoms with van der Waals surface area (Å²) >= 11 is 3.06. The van der Waals surface area contributed by atoms with E-state index >= 15 is 0 Å². The van der Waals surface area contributed by atoms with E-state index in [4.69, 9.17) is 4.74 Å². The SMILES string of the molecule is COc1ccc2sc(N(Cc3ccccn3)C(=O)C=Cc3cccs3)nc2c1. The largest absolute Gasteiger partial charge is 0.497 e. The first-order valence-electron chi connectivity index (χ1n) is 8.60. The molecule has 140 valence electrons. The molecule has 0 saturated heterocycles. The number of rotatable bonds is 6. The minimum Gasteiger partial charge on any atom is -0.497 e. The van der Waals surface area contributed by atoms with Crippen LogP contribution in [0.4, 0.5) is 5.13 Å². The maximum atomic E-state index is 13.0. The van der Waals surface area contributed by atoms with Crippen molar-refractivity contribution in [2.75, 3.05) is 12.0 Å². The summed E-state index contributed by atoms with van der Waals surface area (Å²) in [5, 5.41) is 2.62. The fraction of sp³-hybridized carbons (Fsp3) is 0.0952. The lowest BCUT2D eigenvalue weighted by atomic mass is 10.3. The molecule has 0 unspecified atom stereocenters. The average molecular weight is 408 g/mol. The van der Waals surface area contributed by atoms with Crippen LogP contribution in [0, 0.1) is 0 Å². The molecule has 0 aliphatic carbocycles. The van der Waals surface area contributed by atoms with E-state index in [0.29, 0.717) is 11.7 Å². The highest BCUT2D eigenvalue weighted by molar-refractivity contribution is 7.22. The van der Waals surface area contributed by atoms with Crippen molar-refractivity contribution in [1.29, 1.82) is 0 Å². The van der Waals surface area contributed by atoms with E-state index in [1.54, 1.807) is 35.6 Å². The normalized spacial score (nSPS) is 11.2. The van der Waals surface area contributed by atoms with Crippen LogP contribution in [-0.2, 0) is 11.3 Å². The highest BCUT2D eigenvalue weighted by Gasteiger charge is 2.19. The summed E-state index contributed by atoms with van der Waals surface area (Å²) in [6.07, 6.45) is 5.14. The summed E-state index contributed by atoms with van der Waals surface area (Å²) in [6.45, 7) is 0.353. The lowest BCUT2D eigenvalue weighted by molar-refractivity contribution is -0.114. The van der Waals surface area contributed by atoms with Crippen LogP contribution in [0.3, 0.4) is 0 Å². The Bertz CT molecular complexity index is 1110. The molecular weight excluding hydrogens is 390 g/mol. The van der Waals surface area contributed by atoms with Crippen LogP contribution in [0.2, 0.25) is 0 Å². The van der Waals surface area contributed by atoms with Crippen molar-refractivity contribution in [2.24, 2.45) is 0 Å². The Morgan fingerprint density at radius 2 is 2.14 bits per heavy atom. The number of anilines is 1. The molecule has 0 bridgehead atoms. The third kappa shape index (κ3) is 4.11. The van der Waals surface area contributed by atoms with Gasteiger partial charge in [-0.1, -0.05) is 23.5 Å². The van der Waals surface area contributed by atoms with Gasteiger partial charge in [0, 0.05) is 23.2 Å². The van der Waals surface area contributed by atoms with Crippen LogP contribution in [0.1, 0.15) is 10.6 Å². The Hall–Kier alpha value is -3.03. The van der Waals surface area contributed by atoms with Gasteiger partial charge in [-0.2, -0.15) is 0 Å². The van der Waals surface area contributed by atoms with E-state index in [2.05, 4.69) is 9.97 Å². The Morgan fingerprint density at radius 3 is 2.89 bits per heavy atom. The number of hydrogen-bond acceptors (Lipinski definition) is 6. The summed E-state index contributed by atoms with van der Waals surface area (Å²) in [5.74, 6) is 0.606. The number of carbonyl (C=O) groups excluding carboxylic acids is 1. The van der Waals surface area contributed by atoms with E-state index in [9.17, 15) is 4.79 Å². The van der Waals surface area contributed by atoms with Gasteiger partial charge in [0.25, 0.3) is 5.91 Å². The number of pyridine rings is 1. The topological polar surface area (TPSA) is 55.3 Å². The first-order chi connectivity index (χ1) is 13.7. The van der Waals surface area contributed by atoms with Crippen LogP contribution in [0.15, 0.2) is 66.2 Å². The van der Waals surface area contributed by atoms with Crippen LogP contribution < -0.4 is 9.64 Å². The number of aromatic nitrogens is 2. The maximum absolute atomic E-state index is 13.0. The monoisotopic (exact) mass is 407 g/mol. The van der Waals surface area contributed by atoms with Gasteiger partial charge in [0.05, 0.1) is 29.6 Å². The summed E-state index contributed by atoms with van der Waals surface area (Å²) in [7, 11) is 1.63. The van der Waals surface area contributed by atoms with Gasteiger partial charge >= 0.3 is 0 Å². The molecule has 0 radical (unpaired) electrons. The number of amides is 1. The smallest absolute Gasteiger partial charge is 0.253 e. The van der Waals surface area contributed by atoms with Crippen molar-refractivity contribution in [2.45, 2.75) is 6.54 Å². The second-order valence-electron chi connectivity index (χ2n) is 5.92. The zero-order chi connectivity index (χ0) is 19.3. The first kappa shape index (κ1) is 18.3. The van der Waals surface area contributed by atoms with Gasteiger partial charge in [-0.05, 0) is 41.8 Å². The van der Waals surface area contributed by atoms with Gasteiger partial charge in [-0.3, -0.25) is 14.7 Å². The molecular formula is C21H17N3O2S2. The average Bonchev–Trinajstić information content (AvgIpc) is 3.39. The molecule has 0 fully saturated rings.